The van der Waals surface area contributed by atoms with E-state index < -0.39 is 43.7 Å². The van der Waals surface area contributed by atoms with E-state index >= 15 is 0 Å². The van der Waals surface area contributed by atoms with Crippen LogP contribution in [0.1, 0.15) is 51.2 Å². The average Bonchev–Trinajstić information content (AvgIpc) is 2.93. The molecule has 1 saturated heterocycles. The summed E-state index contributed by atoms with van der Waals surface area (Å²) >= 11 is 0. The van der Waals surface area contributed by atoms with E-state index in [0.717, 1.165) is 6.07 Å². The highest BCUT2D eigenvalue weighted by Crippen LogP contribution is 2.41. The Kier molecular flexibility index (Phi) is 9.57. The van der Waals surface area contributed by atoms with Crippen molar-refractivity contribution < 1.29 is 31.5 Å². The molecule has 0 bridgehead atoms. The lowest BCUT2D eigenvalue weighted by molar-refractivity contribution is -0.125. The third kappa shape index (κ3) is 7.76. The Morgan fingerprint density at radius 3 is 2.49 bits per heavy atom. The number of hydrogen-bond donors (Lipinski definition) is 1. The molecule has 1 aliphatic heterocycles. The smallest absolute Gasteiger partial charge is 0.257 e. The maximum absolute atomic E-state index is 14.8. The van der Waals surface area contributed by atoms with E-state index in [4.69, 9.17) is 9.16 Å². The van der Waals surface area contributed by atoms with Crippen molar-refractivity contribution >= 4 is 20.0 Å². The Morgan fingerprint density at radius 2 is 1.86 bits per heavy atom. The van der Waals surface area contributed by atoms with Gasteiger partial charge in [-0.15, -0.1) is 0 Å². The Bertz CT molecular complexity index is 1420. The molecule has 2 aromatic heterocycles. The van der Waals surface area contributed by atoms with Crippen molar-refractivity contribution in [3.8, 4) is 11.6 Å². The Hall–Kier alpha value is -3.42. The Morgan fingerprint density at radius 1 is 1.16 bits per heavy atom. The number of nitrogens with zero attached hydrogens (tertiary/aromatic N) is 4. The van der Waals surface area contributed by atoms with Crippen molar-refractivity contribution in [1.82, 2.24) is 19.9 Å². The molecule has 1 fully saturated rings. The number of aromatic nitrogens is 3. The fraction of sp³-hybridized carbons (Fsp3) is 0.467. The molecule has 1 N–H and O–H groups in total. The van der Waals surface area contributed by atoms with Crippen LogP contribution in [-0.4, -0.2) is 59.1 Å². The van der Waals surface area contributed by atoms with Gasteiger partial charge >= 0.3 is 0 Å². The van der Waals surface area contributed by atoms with Gasteiger partial charge in [0.1, 0.15) is 5.82 Å². The van der Waals surface area contributed by atoms with Gasteiger partial charge in [0, 0.05) is 43.5 Å². The van der Waals surface area contributed by atoms with Crippen LogP contribution < -0.4 is 10.1 Å². The van der Waals surface area contributed by atoms with Crippen molar-refractivity contribution in [2.75, 3.05) is 18.4 Å². The molecule has 1 aromatic carbocycles. The molecule has 1 aliphatic rings. The molecule has 43 heavy (non-hydrogen) atoms. The lowest BCUT2D eigenvalue weighted by Gasteiger charge is -2.40. The second-order valence-corrected chi connectivity index (χ2v) is 17.1. The second-order valence-electron chi connectivity index (χ2n) is 12.3. The van der Waals surface area contributed by atoms with Crippen molar-refractivity contribution in [2.24, 2.45) is 0 Å². The molecular formula is C30H37F4N5O3Si. The minimum atomic E-state index is -2.91. The lowest BCUT2D eigenvalue weighted by Crippen LogP contribution is -2.52. The average molecular weight is 620 g/mol. The van der Waals surface area contributed by atoms with Crippen LogP contribution >= 0.6 is 0 Å². The standard InChI is InChI=1S/C30H37F4N5O3Si/c1-19(39-12-9-30(33,34)23(17-39)20-7-10-35-11-8-20)28(40)38-25-15-37-26(16-36-25)42-27-21(13-22(31)14-24(27)32)18-41-43(5,6)29(2,3)4/h7-8,10-11,13-16,19,23H,9,12,17-18H2,1-6H3,(H,36,38,40)/t19?,23-/m1/s1. The highest BCUT2D eigenvalue weighted by atomic mass is 28.4. The van der Waals surface area contributed by atoms with Gasteiger partial charge in [-0.1, -0.05) is 20.8 Å². The number of nitrogens with one attached hydrogen (secondary N) is 1. The molecule has 0 spiro atoms. The van der Waals surface area contributed by atoms with Crippen LogP contribution in [0.3, 0.4) is 0 Å². The van der Waals surface area contributed by atoms with Gasteiger partial charge in [0.25, 0.3) is 5.92 Å². The molecule has 0 aliphatic carbocycles. The maximum Gasteiger partial charge on any atom is 0.257 e. The third-order valence-corrected chi connectivity index (χ3v) is 12.7. The van der Waals surface area contributed by atoms with Gasteiger partial charge in [0.15, 0.2) is 25.7 Å². The van der Waals surface area contributed by atoms with Gasteiger partial charge in [0.05, 0.1) is 31.0 Å². The molecule has 1 unspecified atom stereocenters. The number of carbonyl (C=O) groups is 1. The summed E-state index contributed by atoms with van der Waals surface area (Å²) in [6.45, 7) is 11.9. The van der Waals surface area contributed by atoms with Crippen LogP contribution in [0.15, 0.2) is 49.1 Å². The SMILES string of the molecule is CC(C(=O)Nc1cnc(Oc2c(F)cc(F)cc2CO[Si](C)(C)C(C)(C)C)cn1)N1CCC(F)(F)[C@@H](c2ccncc2)C1. The van der Waals surface area contributed by atoms with Crippen molar-refractivity contribution in [3.63, 3.8) is 0 Å². The highest BCUT2D eigenvalue weighted by molar-refractivity contribution is 6.74. The van der Waals surface area contributed by atoms with Crippen LogP contribution in [0, 0.1) is 11.6 Å². The van der Waals surface area contributed by atoms with Crippen LogP contribution in [0.25, 0.3) is 0 Å². The molecule has 8 nitrogen and oxygen atoms in total. The van der Waals surface area contributed by atoms with E-state index in [9.17, 15) is 22.4 Å². The summed E-state index contributed by atoms with van der Waals surface area (Å²) in [6.07, 6.45) is 4.99. The number of pyridine rings is 1. The number of amides is 1. The minimum Gasteiger partial charge on any atom is -0.434 e. The summed E-state index contributed by atoms with van der Waals surface area (Å²) in [5, 5.41) is 2.53. The van der Waals surface area contributed by atoms with Crippen molar-refractivity contribution in [1.29, 1.82) is 0 Å². The summed E-state index contributed by atoms with van der Waals surface area (Å²) < 4.78 is 70.1. The number of anilines is 1. The molecule has 0 radical (unpaired) electrons. The van der Waals surface area contributed by atoms with E-state index in [1.54, 1.807) is 24.0 Å². The molecule has 232 valence electrons. The summed E-state index contributed by atoms with van der Waals surface area (Å²) in [6, 6.07) is 4.27. The van der Waals surface area contributed by atoms with Crippen molar-refractivity contribution in [3.05, 3.63) is 71.8 Å². The number of rotatable bonds is 9. The molecule has 4 rings (SSSR count). The van der Waals surface area contributed by atoms with Gasteiger partial charge in [0.2, 0.25) is 11.8 Å². The summed E-state index contributed by atoms with van der Waals surface area (Å²) in [5.74, 6) is -6.32. The zero-order valence-electron chi connectivity index (χ0n) is 25.1. The Labute approximate surface area is 250 Å². The normalized spacial score (nSPS) is 18.2. The molecule has 0 saturated carbocycles. The highest BCUT2D eigenvalue weighted by Gasteiger charge is 2.46. The molecule has 3 aromatic rings. The monoisotopic (exact) mass is 619 g/mol. The summed E-state index contributed by atoms with van der Waals surface area (Å²) in [7, 11) is -2.22. The van der Waals surface area contributed by atoms with Crippen molar-refractivity contribution in [2.45, 2.75) is 76.7 Å². The fourth-order valence-electron chi connectivity index (χ4n) is 4.47. The first-order valence-electron chi connectivity index (χ1n) is 14.0. The van der Waals surface area contributed by atoms with E-state index in [0.29, 0.717) is 11.6 Å². The fourth-order valence-corrected chi connectivity index (χ4v) is 5.42. The first-order valence-corrected chi connectivity index (χ1v) is 16.9. The quantitative estimate of drug-likeness (QED) is 0.206. The van der Waals surface area contributed by atoms with Gasteiger partial charge in [-0.25, -0.2) is 27.5 Å². The van der Waals surface area contributed by atoms with Gasteiger partial charge in [-0.3, -0.25) is 14.7 Å². The second kappa shape index (κ2) is 12.7. The van der Waals surface area contributed by atoms with Crippen LogP contribution in [0.5, 0.6) is 11.6 Å². The van der Waals surface area contributed by atoms with E-state index in [-0.39, 0.29) is 54.2 Å². The number of likely N-dealkylation sites (tertiary alicyclic amines) is 1. The van der Waals surface area contributed by atoms with Crippen LogP contribution in [-0.2, 0) is 15.8 Å². The van der Waals surface area contributed by atoms with E-state index in [1.165, 1.54) is 24.8 Å². The number of halogens is 4. The minimum absolute atomic E-state index is 0.00520. The largest absolute Gasteiger partial charge is 0.434 e. The zero-order chi connectivity index (χ0) is 31.6. The zero-order valence-corrected chi connectivity index (χ0v) is 26.1. The first-order chi connectivity index (χ1) is 20.1. The predicted molar refractivity (Wildman–Crippen MR) is 157 cm³/mol. The first kappa shape index (κ1) is 32.5. The van der Waals surface area contributed by atoms with Gasteiger partial charge in [-0.05, 0) is 48.8 Å². The number of carbonyl (C=O) groups excluding carboxylic acids is 1. The topological polar surface area (TPSA) is 89.5 Å². The van der Waals surface area contributed by atoms with Gasteiger partial charge in [-0.2, -0.15) is 0 Å². The number of hydrogen-bond acceptors (Lipinski definition) is 7. The number of benzene rings is 1. The summed E-state index contributed by atoms with van der Waals surface area (Å²) in [5.41, 5.74) is 0.651. The van der Waals surface area contributed by atoms with E-state index in [1.807, 2.05) is 13.1 Å². The number of alkyl halides is 2. The third-order valence-electron chi connectivity index (χ3n) is 8.26. The maximum atomic E-state index is 14.8. The Balaban J connectivity index is 1.41. The summed E-state index contributed by atoms with van der Waals surface area (Å²) in [4.78, 5) is 26.8. The van der Waals surface area contributed by atoms with Crippen LogP contribution in [0.4, 0.5) is 23.4 Å². The lowest BCUT2D eigenvalue weighted by atomic mass is 9.87. The molecular weight excluding hydrogens is 582 g/mol. The van der Waals surface area contributed by atoms with Crippen LogP contribution in [0.2, 0.25) is 18.1 Å². The van der Waals surface area contributed by atoms with Gasteiger partial charge < -0.3 is 14.5 Å². The number of ether oxygens (including phenoxy) is 1. The molecule has 13 heteroatoms. The molecule has 2 atom stereocenters. The van der Waals surface area contributed by atoms with E-state index in [2.05, 4.69) is 41.0 Å². The molecule has 3 heterocycles. The number of piperidine rings is 1. The molecule has 1 amide bonds. The predicted octanol–water partition coefficient (Wildman–Crippen LogP) is 6.92.